The molecule has 0 bridgehead atoms. The van der Waals surface area contributed by atoms with Crippen molar-refractivity contribution in [1.29, 1.82) is 0 Å². The molecule has 0 spiro atoms. The molecule has 2 rings (SSSR count). The van der Waals surface area contributed by atoms with Crippen molar-refractivity contribution in [2.45, 2.75) is 45.4 Å². The molecular weight excluding hydrogens is 250 g/mol. The van der Waals surface area contributed by atoms with E-state index in [1.807, 2.05) is 31.2 Å². The first-order chi connectivity index (χ1) is 9.63. The summed E-state index contributed by atoms with van der Waals surface area (Å²) >= 11 is 0. The van der Waals surface area contributed by atoms with Gasteiger partial charge in [-0.1, -0.05) is 49.1 Å². The number of aliphatic hydroxyl groups is 1. The molecule has 0 radical (unpaired) electrons. The van der Waals surface area contributed by atoms with Crippen LogP contribution in [0.4, 0.5) is 0 Å². The highest BCUT2D eigenvalue weighted by Gasteiger charge is 2.31. The molecule has 3 nitrogen and oxygen atoms in total. The number of rotatable bonds is 5. The Bertz CT molecular complexity index is 450. The Kier molecular flexibility index (Phi) is 5.18. The topological polar surface area (TPSA) is 49.3 Å². The number of benzene rings is 1. The summed E-state index contributed by atoms with van der Waals surface area (Å²) in [5.41, 5.74) is 2.14. The maximum absolute atomic E-state index is 12.0. The zero-order chi connectivity index (χ0) is 14.4. The highest BCUT2D eigenvalue weighted by atomic mass is 16.3. The molecule has 0 saturated heterocycles. The van der Waals surface area contributed by atoms with Crippen molar-refractivity contribution < 1.29 is 9.90 Å². The van der Waals surface area contributed by atoms with E-state index in [1.54, 1.807) is 0 Å². The molecule has 3 heteroatoms. The number of aryl methyl sites for hydroxylation is 1. The van der Waals surface area contributed by atoms with Crippen LogP contribution >= 0.6 is 0 Å². The van der Waals surface area contributed by atoms with E-state index in [2.05, 4.69) is 5.32 Å². The molecule has 1 aromatic rings. The fourth-order valence-corrected chi connectivity index (χ4v) is 3.05. The maximum Gasteiger partial charge on any atom is 0.224 e. The first kappa shape index (κ1) is 15.0. The Balaban J connectivity index is 1.85. The molecule has 1 aliphatic carbocycles. The van der Waals surface area contributed by atoms with Gasteiger partial charge in [0.05, 0.1) is 13.0 Å². The fraction of sp³-hybridized carbons (Fsp3) is 0.588. The van der Waals surface area contributed by atoms with Gasteiger partial charge in [-0.25, -0.2) is 0 Å². The van der Waals surface area contributed by atoms with Crippen LogP contribution in [0.3, 0.4) is 0 Å². The van der Waals surface area contributed by atoms with Crippen LogP contribution < -0.4 is 5.32 Å². The third kappa shape index (κ3) is 4.07. The second-order valence-electron chi connectivity index (χ2n) is 6.16. The molecule has 1 aromatic carbocycles. The smallest absolute Gasteiger partial charge is 0.224 e. The van der Waals surface area contributed by atoms with Crippen molar-refractivity contribution in [2.75, 3.05) is 13.2 Å². The molecule has 110 valence electrons. The first-order valence-electron chi connectivity index (χ1n) is 7.57. The number of hydrogen-bond donors (Lipinski definition) is 2. The van der Waals surface area contributed by atoms with Gasteiger partial charge in [0, 0.05) is 12.0 Å². The van der Waals surface area contributed by atoms with E-state index in [0.717, 1.165) is 31.2 Å². The zero-order valence-electron chi connectivity index (χ0n) is 12.3. The first-order valence-corrected chi connectivity index (χ1v) is 7.57. The summed E-state index contributed by atoms with van der Waals surface area (Å²) in [6.45, 7) is 2.82. The Morgan fingerprint density at radius 1 is 1.30 bits per heavy atom. The molecule has 0 unspecified atom stereocenters. The minimum Gasteiger partial charge on any atom is -0.396 e. The number of carbonyl (C=O) groups excluding carboxylic acids is 1. The van der Waals surface area contributed by atoms with Crippen LogP contribution in [0.25, 0.3) is 0 Å². The summed E-state index contributed by atoms with van der Waals surface area (Å²) in [7, 11) is 0. The van der Waals surface area contributed by atoms with Crippen LogP contribution in [-0.2, 0) is 11.2 Å². The summed E-state index contributed by atoms with van der Waals surface area (Å²) in [6.07, 6.45) is 6.03. The third-order valence-electron chi connectivity index (χ3n) is 4.36. The van der Waals surface area contributed by atoms with E-state index < -0.39 is 0 Å². The molecule has 1 fully saturated rings. The van der Waals surface area contributed by atoms with Crippen molar-refractivity contribution in [3.8, 4) is 0 Å². The lowest BCUT2D eigenvalue weighted by atomic mass is 9.74. The second kappa shape index (κ2) is 6.89. The number of amides is 1. The van der Waals surface area contributed by atoms with Crippen LogP contribution in [0.1, 0.15) is 43.2 Å². The average molecular weight is 275 g/mol. The third-order valence-corrected chi connectivity index (χ3v) is 4.36. The van der Waals surface area contributed by atoms with Crippen molar-refractivity contribution in [2.24, 2.45) is 5.41 Å². The highest BCUT2D eigenvalue weighted by molar-refractivity contribution is 5.78. The molecule has 1 amide bonds. The summed E-state index contributed by atoms with van der Waals surface area (Å²) in [6, 6.07) is 8.04. The highest BCUT2D eigenvalue weighted by Crippen LogP contribution is 2.35. The van der Waals surface area contributed by atoms with E-state index in [1.165, 1.54) is 12.0 Å². The Morgan fingerprint density at radius 2 is 2.05 bits per heavy atom. The molecule has 2 N–H and O–H groups in total. The SMILES string of the molecule is Cc1cccc(CC(=O)NCC2(CO)CCCCC2)c1. The predicted molar refractivity (Wildman–Crippen MR) is 80.5 cm³/mol. The molecule has 1 saturated carbocycles. The molecule has 0 atom stereocenters. The second-order valence-corrected chi connectivity index (χ2v) is 6.16. The molecule has 0 aromatic heterocycles. The van der Waals surface area contributed by atoms with Gasteiger partial charge in [0.2, 0.25) is 5.91 Å². The normalized spacial score (nSPS) is 17.7. The lowest BCUT2D eigenvalue weighted by Gasteiger charge is -2.35. The monoisotopic (exact) mass is 275 g/mol. The van der Waals surface area contributed by atoms with Gasteiger partial charge in [0.1, 0.15) is 0 Å². The van der Waals surface area contributed by atoms with E-state index in [4.69, 9.17) is 0 Å². The van der Waals surface area contributed by atoms with Crippen molar-refractivity contribution in [1.82, 2.24) is 5.32 Å². The molecule has 1 aliphatic rings. The Hall–Kier alpha value is -1.35. The van der Waals surface area contributed by atoms with Gasteiger partial charge >= 0.3 is 0 Å². The summed E-state index contributed by atoms with van der Waals surface area (Å²) < 4.78 is 0. The molecular formula is C17H25NO2. The number of carbonyl (C=O) groups is 1. The van der Waals surface area contributed by atoms with Crippen LogP contribution in [0.2, 0.25) is 0 Å². The summed E-state index contributed by atoms with van der Waals surface area (Å²) in [4.78, 5) is 12.0. The minimum absolute atomic E-state index is 0.0500. The van der Waals surface area contributed by atoms with Gasteiger partial charge in [0.15, 0.2) is 0 Å². The van der Waals surface area contributed by atoms with Crippen molar-refractivity contribution in [3.63, 3.8) is 0 Å². The van der Waals surface area contributed by atoms with E-state index in [9.17, 15) is 9.90 Å². The Morgan fingerprint density at radius 3 is 2.70 bits per heavy atom. The van der Waals surface area contributed by atoms with Gasteiger partial charge in [-0.2, -0.15) is 0 Å². The summed E-state index contributed by atoms with van der Waals surface area (Å²) in [5, 5.41) is 12.6. The number of aliphatic hydroxyl groups excluding tert-OH is 1. The van der Waals surface area contributed by atoms with Gasteiger partial charge in [-0.15, -0.1) is 0 Å². The van der Waals surface area contributed by atoms with Gasteiger partial charge < -0.3 is 10.4 Å². The number of nitrogens with one attached hydrogen (secondary N) is 1. The standard InChI is InChI=1S/C17H25NO2/c1-14-6-5-7-15(10-14)11-16(20)18-12-17(13-19)8-3-2-4-9-17/h5-7,10,19H,2-4,8-9,11-13H2,1H3,(H,18,20). The lowest BCUT2D eigenvalue weighted by molar-refractivity contribution is -0.121. The molecule has 0 heterocycles. The largest absolute Gasteiger partial charge is 0.396 e. The van der Waals surface area contributed by atoms with Crippen molar-refractivity contribution >= 4 is 5.91 Å². The van der Waals surface area contributed by atoms with E-state index in [0.29, 0.717) is 13.0 Å². The van der Waals surface area contributed by atoms with Crippen LogP contribution in [0, 0.1) is 12.3 Å². The fourth-order valence-electron chi connectivity index (χ4n) is 3.05. The van der Waals surface area contributed by atoms with Crippen LogP contribution in [0.5, 0.6) is 0 Å². The Labute approximate surface area is 121 Å². The van der Waals surface area contributed by atoms with Crippen LogP contribution in [-0.4, -0.2) is 24.2 Å². The zero-order valence-corrected chi connectivity index (χ0v) is 12.3. The van der Waals surface area contributed by atoms with Crippen LogP contribution in [0.15, 0.2) is 24.3 Å². The van der Waals surface area contributed by atoms with Gasteiger partial charge in [-0.05, 0) is 25.3 Å². The van der Waals surface area contributed by atoms with E-state index >= 15 is 0 Å². The predicted octanol–water partition coefficient (Wildman–Crippen LogP) is 2.60. The van der Waals surface area contributed by atoms with Crippen molar-refractivity contribution in [3.05, 3.63) is 35.4 Å². The lowest BCUT2D eigenvalue weighted by Crippen LogP contribution is -2.41. The van der Waals surface area contributed by atoms with Gasteiger partial charge in [0.25, 0.3) is 0 Å². The van der Waals surface area contributed by atoms with E-state index in [-0.39, 0.29) is 17.9 Å². The molecule has 20 heavy (non-hydrogen) atoms. The van der Waals surface area contributed by atoms with Gasteiger partial charge in [-0.3, -0.25) is 4.79 Å². The number of hydrogen-bond acceptors (Lipinski definition) is 2. The quantitative estimate of drug-likeness (QED) is 0.868. The average Bonchev–Trinajstić information content (AvgIpc) is 2.46. The molecule has 0 aliphatic heterocycles. The minimum atomic E-state index is -0.0828. The summed E-state index contributed by atoms with van der Waals surface area (Å²) in [5.74, 6) is 0.0500. The maximum atomic E-state index is 12.0.